The average Bonchev–Trinajstić information content (AvgIpc) is 3.07. The second-order valence-electron chi connectivity index (χ2n) is 3.99. The zero-order valence-electron chi connectivity index (χ0n) is 8.81. The molecule has 1 saturated carbocycles. The van der Waals surface area contributed by atoms with E-state index in [0.29, 0.717) is 34.5 Å². The lowest BCUT2D eigenvalue weighted by molar-refractivity contribution is 0.0921. The van der Waals surface area contributed by atoms with Gasteiger partial charge in [0.15, 0.2) is 0 Å². The summed E-state index contributed by atoms with van der Waals surface area (Å²) < 4.78 is 25.3. The van der Waals surface area contributed by atoms with E-state index < -0.39 is 11.8 Å². The number of rotatable bonds is 2. The Balaban J connectivity index is 2.20. The predicted molar refractivity (Wildman–Crippen MR) is 66.4 cm³/mol. The van der Waals surface area contributed by atoms with E-state index in [1.54, 1.807) is 12.3 Å². The molecule has 1 aliphatic rings. The van der Waals surface area contributed by atoms with Crippen LogP contribution >= 0.6 is 27.5 Å². The summed E-state index contributed by atoms with van der Waals surface area (Å²) in [6.07, 6.45) is 0.119. The van der Waals surface area contributed by atoms with Gasteiger partial charge in [0, 0.05) is 17.1 Å². The smallest absolute Gasteiger partial charge is 0.254 e. The standard InChI is InChI=1S/C12H9BrClF2N/c13-6-10-9(14)5-8(7-17-10)1-2-12(3-4-12)11(15)16/h5,7,11H,3-4,6H2. The van der Waals surface area contributed by atoms with Crippen molar-refractivity contribution in [3.05, 3.63) is 28.5 Å². The summed E-state index contributed by atoms with van der Waals surface area (Å²) in [5.41, 5.74) is 0.208. The fourth-order valence-electron chi connectivity index (χ4n) is 1.36. The third kappa shape index (κ3) is 2.78. The molecule has 1 aromatic heterocycles. The van der Waals surface area contributed by atoms with Crippen LogP contribution in [0.4, 0.5) is 8.78 Å². The number of halogens is 4. The minimum atomic E-state index is -2.37. The van der Waals surface area contributed by atoms with Crippen molar-refractivity contribution in [3.63, 3.8) is 0 Å². The lowest BCUT2D eigenvalue weighted by Crippen LogP contribution is -2.08. The minimum absolute atomic E-state index is 0.471. The normalized spacial score (nSPS) is 16.5. The largest absolute Gasteiger partial charge is 0.258 e. The third-order valence-electron chi connectivity index (χ3n) is 2.71. The molecule has 17 heavy (non-hydrogen) atoms. The molecule has 2 rings (SSSR count). The Bertz CT molecular complexity index is 489. The number of pyridine rings is 1. The van der Waals surface area contributed by atoms with E-state index in [4.69, 9.17) is 11.6 Å². The molecule has 0 aliphatic heterocycles. The second-order valence-corrected chi connectivity index (χ2v) is 4.96. The lowest BCUT2D eigenvalue weighted by Gasteiger charge is -2.04. The Labute approximate surface area is 112 Å². The zero-order valence-corrected chi connectivity index (χ0v) is 11.2. The van der Waals surface area contributed by atoms with Crippen LogP contribution in [-0.2, 0) is 5.33 Å². The van der Waals surface area contributed by atoms with Crippen molar-refractivity contribution in [2.45, 2.75) is 24.6 Å². The predicted octanol–water partition coefficient (Wildman–Crippen LogP) is 4.03. The highest BCUT2D eigenvalue weighted by Gasteiger charge is 2.49. The number of alkyl halides is 3. The van der Waals surface area contributed by atoms with Gasteiger partial charge in [-0.05, 0) is 18.9 Å². The highest BCUT2D eigenvalue weighted by molar-refractivity contribution is 9.08. The van der Waals surface area contributed by atoms with Crippen LogP contribution in [0.3, 0.4) is 0 Å². The van der Waals surface area contributed by atoms with Gasteiger partial charge in [0.1, 0.15) is 0 Å². The molecule has 1 fully saturated rings. The maximum atomic E-state index is 12.6. The van der Waals surface area contributed by atoms with E-state index in [0.717, 1.165) is 0 Å². The monoisotopic (exact) mass is 319 g/mol. The van der Waals surface area contributed by atoms with Crippen LogP contribution in [0.5, 0.6) is 0 Å². The summed E-state index contributed by atoms with van der Waals surface area (Å²) >= 11 is 9.20. The second kappa shape index (κ2) is 4.91. The van der Waals surface area contributed by atoms with Crippen LogP contribution in [0.1, 0.15) is 24.1 Å². The van der Waals surface area contributed by atoms with Gasteiger partial charge in [-0.2, -0.15) is 0 Å². The SMILES string of the molecule is FC(F)C1(C#Cc2cnc(CBr)c(Cl)c2)CC1. The van der Waals surface area contributed by atoms with Crippen LogP contribution in [0.25, 0.3) is 0 Å². The first-order chi connectivity index (χ1) is 8.07. The first kappa shape index (κ1) is 12.8. The van der Waals surface area contributed by atoms with Gasteiger partial charge in [0.05, 0.1) is 16.1 Å². The van der Waals surface area contributed by atoms with Crippen molar-refractivity contribution < 1.29 is 8.78 Å². The van der Waals surface area contributed by atoms with Crippen LogP contribution in [0.15, 0.2) is 12.3 Å². The van der Waals surface area contributed by atoms with Gasteiger partial charge >= 0.3 is 0 Å². The van der Waals surface area contributed by atoms with Crippen LogP contribution in [0, 0.1) is 17.3 Å². The summed E-state index contributed by atoms with van der Waals surface area (Å²) in [6, 6.07) is 1.65. The molecule has 0 amide bonds. The lowest BCUT2D eigenvalue weighted by atomic mass is 10.1. The molecule has 1 aliphatic carbocycles. The quantitative estimate of drug-likeness (QED) is 0.592. The molecule has 1 heterocycles. The Kier molecular flexibility index (Phi) is 3.70. The van der Waals surface area contributed by atoms with E-state index in [-0.39, 0.29) is 0 Å². The molecule has 0 atom stereocenters. The van der Waals surface area contributed by atoms with Gasteiger partial charge in [-0.1, -0.05) is 39.4 Å². The van der Waals surface area contributed by atoms with Crippen LogP contribution in [0.2, 0.25) is 5.02 Å². The van der Waals surface area contributed by atoms with Gasteiger partial charge in [0.25, 0.3) is 6.43 Å². The maximum Gasteiger partial charge on any atom is 0.254 e. The van der Waals surface area contributed by atoms with E-state index in [9.17, 15) is 8.78 Å². The topological polar surface area (TPSA) is 12.9 Å². The van der Waals surface area contributed by atoms with E-state index in [2.05, 4.69) is 32.8 Å². The molecule has 1 nitrogen and oxygen atoms in total. The number of hydrogen-bond donors (Lipinski definition) is 0. The molecule has 0 unspecified atom stereocenters. The maximum absolute atomic E-state index is 12.6. The average molecular weight is 321 g/mol. The van der Waals surface area contributed by atoms with Crippen molar-refractivity contribution in [3.8, 4) is 11.8 Å². The summed E-state index contributed by atoms with van der Waals surface area (Å²) in [5.74, 6) is 5.37. The fraction of sp³-hybridized carbons (Fsp3) is 0.417. The third-order valence-corrected chi connectivity index (χ3v) is 3.56. The van der Waals surface area contributed by atoms with Crippen LogP contribution in [-0.4, -0.2) is 11.4 Å². The summed E-state index contributed by atoms with van der Waals surface area (Å²) in [6.45, 7) is 0. The highest BCUT2D eigenvalue weighted by Crippen LogP contribution is 2.50. The molecule has 1 aromatic rings. The van der Waals surface area contributed by atoms with Gasteiger partial charge in [-0.3, -0.25) is 4.98 Å². The number of aromatic nitrogens is 1. The Morgan fingerprint density at radius 2 is 2.24 bits per heavy atom. The molecule has 0 radical (unpaired) electrons. The van der Waals surface area contributed by atoms with Gasteiger partial charge < -0.3 is 0 Å². The number of nitrogens with zero attached hydrogens (tertiary/aromatic N) is 1. The Morgan fingerprint density at radius 3 is 2.71 bits per heavy atom. The molecule has 0 aromatic carbocycles. The van der Waals surface area contributed by atoms with Gasteiger partial charge in [0.2, 0.25) is 0 Å². The summed E-state index contributed by atoms with van der Waals surface area (Å²) in [4.78, 5) is 4.09. The van der Waals surface area contributed by atoms with Crippen molar-refractivity contribution in [2.24, 2.45) is 5.41 Å². The molecule has 0 saturated heterocycles. The molecule has 90 valence electrons. The first-order valence-corrected chi connectivity index (χ1v) is 6.59. The highest BCUT2D eigenvalue weighted by atomic mass is 79.9. The van der Waals surface area contributed by atoms with Gasteiger partial charge in [-0.15, -0.1) is 0 Å². The van der Waals surface area contributed by atoms with E-state index in [1.807, 2.05) is 0 Å². The Morgan fingerprint density at radius 1 is 1.53 bits per heavy atom. The summed E-state index contributed by atoms with van der Waals surface area (Å²) in [7, 11) is 0. The number of hydrogen-bond acceptors (Lipinski definition) is 1. The Hall–Kier alpha value is -0.660. The molecular weight excluding hydrogens is 311 g/mol. The van der Waals surface area contributed by atoms with Gasteiger partial charge in [-0.25, -0.2) is 8.78 Å². The molecule has 0 N–H and O–H groups in total. The molecule has 0 spiro atoms. The van der Waals surface area contributed by atoms with Crippen molar-refractivity contribution >= 4 is 27.5 Å². The minimum Gasteiger partial charge on any atom is -0.258 e. The van der Waals surface area contributed by atoms with Crippen LogP contribution < -0.4 is 0 Å². The zero-order chi connectivity index (χ0) is 12.5. The van der Waals surface area contributed by atoms with Crippen molar-refractivity contribution in [1.82, 2.24) is 4.98 Å². The molecular formula is C12H9BrClF2N. The molecule has 0 bridgehead atoms. The summed E-state index contributed by atoms with van der Waals surface area (Å²) in [5, 5.41) is 1.05. The fourth-order valence-corrected chi connectivity index (χ4v) is 2.20. The van der Waals surface area contributed by atoms with Crippen molar-refractivity contribution in [2.75, 3.05) is 0 Å². The van der Waals surface area contributed by atoms with E-state index >= 15 is 0 Å². The van der Waals surface area contributed by atoms with Crippen molar-refractivity contribution in [1.29, 1.82) is 0 Å². The van der Waals surface area contributed by atoms with E-state index in [1.165, 1.54) is 0 Å². The first-order valence-electron chi connectivity index (χ1n) is 5.09. The molecule has 5 heteroatoms.